The number of hydrogen-bond acceptors (Lipinski definition) is 4. The molecule has 134 valence electrons. The molecule has 0 saturated heterocycles. The molecule has 0 aromatic heterocycles. The third kappa shape index (κ3) is 4.89. The molecule has 0 aliphatic rings. The van der Waals surface area contributed by atoms with E-state index < -0.39 is 5.97 Å². The van der Waals surface area contributed by atoms with Gasteiger partial charge in [-0.25, -0.2) is 4.79 Å². The lowest BCUT2D eigenvalue weighted by molar-refractivity contribution is 0.0696. The fraction of sp³-hybridized carbons (Fsp3) is 0.350. The lowest BCUT2D eigenvalue weighted by Crippen LogP contribution is -2.09. The summed E-state index contributed by atoms with van der Waals surface area (Å²) >= 11 is 0. The summed E-state index contributed by atoms with van der Waals surface area (Å²) in [7, 11) is 0. The van der Waals surface area contributed by atoms with Gasteiger partial charge in [-0.15, -0.1) is 0 Å². The summed E-state index contributed by atoms with van der Waals surface area (Å²) in [6.07, 6.45) is 0.0737. The Balaban J connectivity index is 2.17. The highest BCUT2D eigenvalue weighted by atomic mass is 16.5. The van der Waals surface area contributed by atoms with Gasteiger partial charge < -0.3 is 19.9 Å². The van der Waals surface area contributed by atoms with Crippen LogP contribution >= 0.6 is 0 Å². The zero-order chi connectivity index (χ0) is 18.4. The predicted octanol–water partition coefficient (Wildman–Crippen LogP) is 4.49. The van der Waals surface area contributed by atoms with Gasteiger partial charge in [-0.2, -0.15) is 0 Å². The molecule has 0 fully saturated rings. The van der Waals surface area contributed by atoms with Crippen molar-refractivity contribution in [1.29, 1.82) is 0 Å². The number of benzene rings is 2. The van der Waals surface area contributed by atoms with Crippen molar-refractivity contribution in [1.82, 2.24) is 0 Å². The van der Waals surface area contributed by atoms with Gasteiger partial charge in [-0.1, -0.05) is 12.1 Å². The molecule has 25 heavy (non-hydrogen) atoms. The molecule has 2 aromatic rings. The van der Waals surface area contributed by atoms with Gasteiger partial charge in [-0.05, 0) is 63.1 Å². The van der Waals surface area contributed by atoms with Crippen LogP contribution in [0.25, 0.3) is 0 Å². The minimum Gasteiger partial charge on any atom is -0.490 e. The van der Waals surface area contributed by atoms with Gasteiger partial charge >= 0.3 is 5.97 Å². The Morgan fingerprint density at radius 1 is 1.20 bits per heavy atom. The van der Waals surface area contributed by atoms with Gasteiger partial charge in [0.2, 0.25) is 0 Å². The number of carbonyl (C=O) groups is 1. The first-order valence-electron chi connectivity index (χ1n) is 8.41. The highest BCUT2D eigenvalue weighted by Gasteiger charge is 2.11. The molecule has 0 bridgehead atoms. The molecule has 5 heteroatoms. The molecule has 0 radical (unpaired) electrons. The molecule has 0 atom stereocenters. The summed E-state index contributed by atoms with van der Waals surface area (Å²) in [6, 6.07) is 11.1. The summed E-state index contributed by atoms with van der Waals surface area (Å²) in [5.41, 5.74) is 2.86. The summed E-state index contributed by atoms with van der Waals surface area (Å²) in [4.78, 5) is 11.2. The van der Waals surface area contributed by atoms with E-state index in [4.69, 9.17) is 9.47 Å². The normalized spacial score (nSPS) is 10.6. The van der Waals surface area contributed by atoms with Crippen molar-refractivity contribution in [3.8, 4) is 11.5 Å². The highest BCUT2D eigenvalue weighted by Crippen LogP contribution is 2.30. The van der Waals surface area contributed by atoms with E-state index in [9.17, 15) is 9.90 Å². The standard InChI is InChI=1S/C20H25NO4/c1-5-24-19-11-15(9-10-18(19)25-13(2)3)12-21-17-8-6-7-16(14(17)4)20(22)23/h6-11,13,21H,5,12H2,1-4H3,(H,22,23). The van der Waals surface area contributed by atoms with E-state index in [1.807, 2.05) is 45.0 Å². The number of ether oxygens (including phenoxy) is 2. The van der Waals surface area contributed by atoms with Crippen LogP contribution in [0.3, 0.4) is 0 Å². The second kappa shape index (κ2) is 8.42. The fourth-order valence-electron chi connectivity index (χ4n) is 2.54. The van der Waals surface area contributed by atoms with Gasteiger partial charge in [0.25, 0.3) is 0 Å². The summed E-state index contributed by atoms with van der Waals surface area (Å²) < 4.78 is 11.4. The van der Waals surface area contributed by atoms with Crippen molar-refractivity contribution >= 4 is 11.7 Å². The van der Waals surface area contributed by atoms with Crippen LogP contribution < -0.4 is 14.8 Å². The van der Waals surface area contributed by atoms with Crippen molar-refractivity contribution in [3.63, 3.8) is 0 Å². The Hall–Kier alpha value is -2.69. The maximum Gasteiger partial charge on any atom is 0.336 e. The van der Waals surface area contributed by atoms with Gasteiger partial charge in [0.15, 0.2) is 11.5 Å². The molecular formula is C20H25NO4. The van der Waals surface area contributed by atoms with Crippen LogP contribution in [0.1, 0.15) is 42.3 Å². The van der Waals surface area contributed by atoms with E-state index in [0.717, 1.165) is 22.6 Å². The minimum atomic E-state index is -0.921. The topological polar surface area (TPSA) is 67.8 Å². The molecule has 0 unspecified atom stereocenters. The van der Waals surface area contributed by atoms with Crippen LogP contribution in [0.15, 0.2) is 36.4 Å². The van der Waals surface area contributed by atoms with Crippen molar-refractivity contribution < 1.29 is 19.4 Å². The molecule has 0 amide bonds. The number of hydrogen-bond donors (Lipinski definition) is 2. The summed E-state index contributed by atoms with van der Waals surface area (Å²) in [5, 5.41) is 12.5. The fourth-order valence-corrected chi connectivity index (χ4v) is 2.54. The number of nitrogens with one attached hydrogen (secondary N) is 1. The van der Waals surface area contributed by atoms with Crippen molar-refractivity contribution in [2.45, 2.75) is 40.3 Å². The Morgan fingerprint density at radius 2 is 1.96 bits per heavy atom. The first-order valence-corrected chi connectivity index (χ1v) is 8.41. The van der Waals surface area contributed by atoms with Crippen molar-refractivity contribution in [2.24, 2.45) is 0 Å². The molecule has 0 aliphatic carbocycles. The minimum absolute atomic E-state index is 0.0737. The van der Waals surface area contributed by atoms with Crippen molar-refractivity contribution in [2.75, 3.05) is 11.9 Å². The lowest BCUT2D eigenvalue weighted by atomic mass is 10.1. The second-order valence-corrected chi connectivity index (χ2v) is 6.02. The largest absolute Gasteiger partial charge is 0.490 e. The number of rotatable bonds is 8. The molecule has 0 saturated carbocycles. The number of anilines is 1. The highest BCUT2D eigenvalue weighted by molar-refractivity contribution is 5.91. The first-order chi connectivity index (χ1) is 11.9. The summed E-state index contributed by atoms with van der Waals surface area (Å²) in [5.74, 6) is 0.520. The molecule has 0 heterocycles. The van der Waals surface area contributed by atoms with E-state index in [0.29, 0.717) is 24.5 Å². The Bertz CT molecular complexity index is 740. The number of carboxylic acids is 1. The predicted molar refractivity (Wildman–Crippen MR) is 98.8 cm³/mol. The Labute approximate surface area is 148 Å². The lowest BCUT2D eigenvalue weighted by Gasteiger charge is -2.16. The number of carboxylic acid groups (broad SMARTS) is 1. The third-order valence-corrected chi connectivity index (χ3v) is 3.72. The SMILES string of the molecule is CCOc1cc(CNc2cccc(C(=O)O)c2C)ccc1OC(C)C. The Morgan fingerprint density at radius 3 is 2.60 bits per heavy atom. The average molecular weight is 343 g/mol. The van der Waals surface area contributed by atoms with Gasteiger partial charge in [0.1, 0.15) is 0 Å². The first kappa shape index (κ1) is 18.6. The molecule has 2 rings (SSSR count). The smallest absolute Gasteiger partial charge is 0.336 e. The van der Waals surface area contributed by atoms with Gasteiger partial charge in [-0.3, -0.25) is 0 Å². The third-order valence-electron chi connectivity index (χ3n) is 3.72. The maximum atomic E-state index is 11.2. The zero-order valence-corrected chi connectivity index (χ0v) is 15.1. The van der Waals surface area contributed by atoms with Crippen LogP contribution in [0.5, 0.6) is 11.5 Å². The molecular weight excluding hydrogens is 318 g/mol. The van der Waals surface area contributed by atoms with Crippen LogP contribution in [0.4, 0.5) is 5.69 Å². The zero-order valence-electron chi connectivity index (χ0n) is 15.1. The van der Waals surface area contributed by atoms with E-state index in [-0.39, 0.29) is 6.10 Å². The number of aromatic carboxylic acids is 1. The van der Waals surface area contributed by atoms with Gasteiger partial charge in [0.05, 0.1) is 18.3 Å². The molecule has 2 aromatic carbocycles. The monoisotopic (exact) mass is 343 g/mol. The quantitative estimate of drug-likeness (QED) is 0.739. The van der Waals surface area contributed by atoms with E-state index in [2.05, 4.69) is 5.32 Å². The van der Waals surface area contributed by atoms with Crippen molar-refractivity contribution in [3.05, 3.63) is 53.1 Å². The molecule has 0 aliphatic heterocycles. The summed E-state index contributed by atoms with van der Waals surface area (Å²) in [6.45, 7) is 8.81. The maximum absolute atomic E-state index is 11.2. The van der Waals surface area contributed by atoms with Crippen LogP contribution in [0, 0.1) is 6.92 Å². The van der Waals surface area contributed by atoms with Gasteiger partial charge in [0, 0.05) is 12.2 Å². The van der Waals surface area contributed by atoms with Crippen LogP contribution in [-0.2, 0) is 6.54 Å². The van der Waals surface area contributed by atoms with E-state index >= 15 is 0 Å². The van der Waals surface area contributed by atoms with Crippen LogP contribution in [0.2, 0.25) is 0 Å². The molecule has 0 spiro atoms. The van der Waals surface area contributed by atoms with Crippen LogP contribution in [-0.4, -0.2) is 23.8 Å². The Kier molecular flexibility index (Phi) is 6.28. The second-order valence-electron chi connectivity index (χ2n) is 6.02. The average Bonchev–Trinajstić information content (AvgIpc) is 2.55. The molecule has 2 N–H and O–H groups in total. The molecule has 5 nitrogen and oxygen atoms in total. The van der Waals surface area contributed by atoms with E-state index in [1.165, 1.54) is 0 Å². The van der Waals surface area contributed by atoms with E-state index in [1.54, 1.807) is 19.1 Å².